The van der Waals surface area contributed by atoms with E-state index in [1.807, 2.05) is 28.4 Å². The number of carbonyl (C=O) groups is 3. The van der Waals surface area contributed by atoms with Crippen LogP contribution in [0, 0.1) is 0 Å². The number of aryl methyl sites for hydroxylation is 3. The predicted molar refractivity (Wildman–Crippen MR) is 212 cm³/mol. The van der Waals surface area contributed by atoms with Gasteiger partial charge in [0.05, 0.1) is 39.5 Å². The standard InChI is InChI=1S/3C14H18N2O3/c3*1-3-6-15-8-10-5-4-9-7-11(17)13(19-2)12(14(15)18)16(9)10/h3*7,10H,3-6,8H2,1-2H3. The van der Waals surface area contributed by atoms with Crippen molar-refractivity contribution in [2.75, 3.05) is 60.6 Å². The lowest BCUT2D eigenvalue weighted by Gasteiger charge is -2.34. The lowest BCUT2D eigenvalue weighted by Crippen LogP contribution is -2.44. The molecule has 15 heteroatoms. The summed E-state index contributed by atoms with van der Waals surface area (Å²) < 4.78 is 21.6. The molecule has 3 aromatic rings. The second-order valence-electron chi connectivity index (χ2n) is 15.6. The predicted octanol–water partition coefficient (Wildman–Crippen LogP) is 3.63. The summed E-state index contributed by atoms with van der Waals surface area (Å²) in [5.41, 5.74) is 3.70. The van der Waals surface area contributed by atoms with Gasteiger partial charge in [-0.05, 0) is 57.8 Å². The molecule has 6 aliphatic heterocycles. The number of hydrogen-bond donors (Lipinski definition) is 0. The summed E-state index contributed by atoms with van der Waals surface area (Å²) in [6.45, 7) is 10.6. The van der Waals surface area contributed by atoms with Crippen LogP contribution in [0.25, 0.3) is 0 Å². The number of methoxy groups -OCH3 is 3. The van der Waals surface area contributed by atoms with Crippen LogP contribution in [0.2, 0.25) is 0 Å². The van der Waals surface area contributed by atoms with E-state index in [9.17, 15) is 28.8 Å². The number of ether oxygens (including phenoxy) is 3. The Morgan fingerprint density at radius 2 is 0.737 bits per heavy atom. The third kappa shape index (κ3) is 6.82. The average molecular weight is 787 g/mol. The number of carbonyl (C=O) groups excluding carboxylic acids is 3. The molecule has 3 atom stereocenters. The van der Waals surface area contributed by atoms with Crippen LogP contribution in [-0.4, -0.2) is 107 Å². The first-order valence-electron chi connectivity index (χ1n) is 20.4. The molecule has 0 spiro atoms. The van der Waals surface area contributed by atoms with Crippen LogP contribution >= 0.6 is 0 Å². The van der Waals surface area contributed by atoms with Crippen LogP contribution in [-0.2, 0) is 19.3 Å². The molecule has 9 heterocycles. The molecular weight excluding hydrogens is 732 g/mol. The summed E-state index contributed by atoms with van der Waals surface area (Å²) in [5, 5.41) is 0. The summed E-state index contributed by atoms with van der Waals surface area (Å²) in [6, 6.07) is 5.73. The van der Waals surface area contributed by atoms with Gasteiger partial charge in [-0.15, -0.1) is 0 Å². The fourth-order valence-corrected chi connectivity index (χ4v) is 9.69. The first-order valence-corrected chi connectivity index (χ1v) is 20.4. The molecule has 15 nitrogen and oxygen atoms in total. The highest BCUT2D eigenvalue weighted by Gasteiger charge is 2.40. The van der Waals surface area contributed by atoms with Gasteiger partial charge in [0.2, 0.25) is 16.3 Å². The molecule has 6 aliphatic rings. The number of amides is 3. The summed E-state index contributed by atoms with van der Waals surface area (Å²) in [7, 11) is 4.36. The van der Waals surface area contributed by atoms with E-state index in [2.05, 4.69) is 20.8 Å². The highest BCUT2D eigenvalue weighted by atomic mass is 16.5. The molecule has 0 bridgehead atoms. The maximum Gasteiger partial charge on any atom is 0.274 e. The third-order valence-corrected chi connectivity index (χ3v) is 12.0. The SMILES string of the molecule is CCCN1CC2CCc3cc(=O)c(OC)c(n32)C1=O.CCCN1CC2CCc3cc(=O)c(OC)c(n32)C1=O.CCCN1CC2CCc3cc(=O)c(OC)c(n32)C1=O. The summed E-state index contributed by atoms with van der Waals surface area (Å²) in [4.78, 5) is 79.2. The fourth-order valence-electron chi connectivity index (χ4n) is 9.69. The second kappa shape index (κ2) is 16.3. The van der Waals surface area contributed by atoms with E-state index < -0.39 is 0 Å². The zero-order valence-electron chi connectivity index (χ0n) is 33.9. The lowest BCUT2D eigenvalue weighted by molar-refractivity contribution is 0.0659. The Morgan fingerprint density at radius 1 is 0.474 bits per heavy atom. The Hall–Kier alpha value is -5.34. The van der Waals surface area contributed by atoms with Crippen LogP contribution < -0.4 is 30.5 Å². The fraction of sp³-hybridized carbons (Fsp3) is 0.571. The van der Waals surface area contributed by atoms with Crippen LogP contribution in [0.1, 0.15) is 126 Å². The molecule has 3 unspecified atom stereocenters. The quantitative estimate of drug-likeness (QED) is 0.317. The Morgan fingerprint density at radius 3 is 0.965 bits per heavy atom. The van der Waals surface area contributed by atoms with Gasteiger partial charge in [-0.3, -0.25) is 28.8 Å². The molecule has 0 saturated carbocycles. The molecule has 0 N–H and O–H groups in total. The zero-order valence-corrected chi connectivity index (χ0v) is 33.9. The Labute approximate surface area is 331 Å². The van der Waals surface area contributed by atoms with Crippen LogP contribution in [0.4, 0.5) is 0 Å². The van der Waals surface area contributed by atoms with Gasteiger partial charge in [-0.25, -0.2) is 0 Å². The first kappa shape index (κ1) is 39.9. The van der Waals surface area contributed by atoms with E-state index in [1.54, 1.807) is 18.2 Å². The topological polar surface area (TPSA) is 155 Å². The smallest absolute Gasteiger partial charge is 0.274 e. The average Bonchev–Trinajstić information content (AvgIpc) is 3.92. The third-order valence-electron chi connectivity index (χ3n) is 12.0. The van der Waals surface area contributed by atoms with Crippen LogP contribution in [0.3, 0.4) is 0 Å². The summed E-state index contributed by atoms with van der Waals surface area (Å²) >= 11 is 0. The highest BCUT2D eigenvalue weighted by Crippen LogP contribution is 2.38. The van der Waals surface area contributed by atoms with E-state index in [1.165, 1.54) is 21.3 Å². The number of rotatable bonds is 9. The minimum Gasteiger partial charge on any atom is -0.491 e. The Kier molecular flexibility index (Phi) is 11.4. The van der Waals surface area contributed by atoms with Crippen molar-refractivity contribution in [2.24, 2.45) is 0 Å². The van der Waals surface area contributed by atoms with Crippen molar-refractivity contribution >= 4 is 17.7 Å². The first-order chi connectivity index (χ1) is 27.5. The van der Waals surface area contributed by atoms with Crippen molar-refractivity contribution in [2.45, 2.75) is 96.7 Å². The Bertz CT molecular complexity index is 2020. The monoisotopic (exact) mass is 786 g/mol. The van der Waals surface area contributed by atoms with E-state index >= 15 is 0 Å². The molecule has 3 amide bonds. The zero-order chi connectivity index (χ0) is 40.7. The molecule has 3 aromatic heterocycles. The maximum absolute atomic E-state index is 12.6. The number of hydrogen-bond acceptors (Lipinski definition) is 9. The number of aromatic nitrogens is 3. The van der Waals surface area contributed by atoms with Gasteiger partial charge < -0.3 is 42.6 Å². The molecule has 0 radical (unpaired) electrons. The molecule has 9 rings (SSSR count). The van der Waals surface area contributed by atoms with Gasteiger partial charge in [0.15, 0.2) is 34.3 Å². The minimum absolute atomic E-state index is 0.0733. The molecular formula is C42H54N6O9. The van der Waals surface area contributed by atoms with Crippen molar-refractivity contribution in [3.05, 3.63) is 83.0 Å². The normalized spacial score (nSPS) is 20.6. The van der Waals surface area contributed by atoms with E-state index in [0.717, 1.165) is 114 Å². The molecule has 0 aromatic carbocycles. The van der Waals surface area contributed by atoms with Gasteiger partial charge in [0, 0.05) is 74.5 Å². The molecule has 0 aliphatic carbocycles. The Balaban J connectivity index is 0.000000131. The molecule has 0 saturated heterocycles. The minimum atomic E-state index is -0.184. The highest BCUT2D eigenvalue weighted by molar-refractivity contribution is 5.97. The molecule has 57 heavy (non-hydrogen) atoms. The van der Waals surface area contributed by atoms with Crippen molar-refractivity contribution in [3.63, 3.8) is 0 Å². The van der Waals surface area contributed by atoms with E-state index in [0.29, 0.717) is 35.2 Å². The summed E-state index contributed by atoms with van der Waals surface area (Å²) in [5.74, 6) is 0.367. The van der Waals surface area contributed by atoms with Gasteiger partial charge in [0.1, 0.15) is 0 Å². The van der Waals surface area contributed by atoms with Crippen molar-refractivity contribution in [1.29, 1.82) is 0 Å². The van der Waals surface area contributed by atoms with Crippen molar-refractivity contribution in [3.8, 4) is 17.2 Å². The lowest BCUT2D eigenvalue weighted by atomic mass is 10.1. The largest absolute Gasteiger partial charge is 0.491 e. The molecule has 0 fully saturated rings. The van der Waals surface area contributed by atoms with Gasteiger partial charge in [-0.2, -0.15) is 0 Å². The van der Waals surface area contributed by atoms with E-state index in [4.69, 9.17) is 14.2 Å². The summed E-state index contributed by atoms with van der Waals surface area (Å²) in [6.07, 6.45) is 8.34. The van der Waals surface area contributed by atoms with Crippen molar-refractivity contribution in [1.82, 2.24) is 28.4 Å². The van der Waals surface area contributed by atoms with Crippen molar-refractivity contribution < 1.29 is 28.6 Å². The van der Waals surface area contributed by atoms with Gasteiger partial charge >= 0.3 is 0 Å². The van der Waals surface area contributed by atoms with Crippen LogP contribution in [0.5, 0.6) is 17.2 Å². The van der Waals surface area contributed by atoms with Crippen LogP contribution in [0.15, 0.2) is 32.6 Å². The number of nitrogens with zero attached hydrogens (tertiary/aromatic N) is 6. The number of pyridine rings is 3. The second-order valence-corrected chi connectivity index (χ2v) is 15.6. The molecule has 306 valence electrons. The van der Waals surface area contributed by atoms with Gasteiger partial charge in [-0.1, -0.05) is 20.8 Å². The maximum atomic E-state index is 12.6. The van der Waals surface area contributed by atoms with E-state index in [-0.39, 0.29) is 51.3 Å². The van der Waals surface area contributed by atoms with Gasteiger partial charge in [0.25, 0.3) is 17.7 Å².